The summed E-state index contributed by atoms with van der Waals surface area (Å²) >= 11 is 0. The smallest absolute Gasteiger partial charge is 0.201 e. The minimum absolute atomic E-state index is 0.237. The van der Waals surface area contributed by atoms with Crippen molar-refractivity contribution in [3.63, 3.8) is 0 Å². The molecule has 2 rings (SSSR count). The highest BCUT2D eigenvalue weighted by Crippen LogP contribution is 2.35. The van der Waals surface area contributed by atoms with Crippen LogP contribution in [-0.2, 0) is 9.84 Å². The summed E-state index contributed by atoms with van der Waals surface area (Å²) in [6.45, 7) is 6.48. The Hall–Kier alpha value is -1.93. The molecule has 2 aromatic carbocycles. The average molecular weight is 503 g/mol. The lowest BCUT2D eigenvalue weighted by atomic mass is 10.1. The molecule has 186 valence electrons. The van der Waals surface area contributed by atoms with Gasteiger partial charge in [-0.25, -0.2) is 8.42 Å². The van der Waals surface area contributed by atoms with Gasteiger partial charge in [-0.2, -0.15) is 15.1 Å². The molecule has 0 N–H and O–H groups in total. The fourth-order valence-corrected chi connectivity index (χ4v) is 5.91. The molecule has 0 bridgehead atoms. The van der Waals surface area contributed by atoms with Gasteiger partial charge in [-0.3, -0.25) is 0 Å². The summed E-state index contributed by atoms with van der Waals surface area (Å²) in [5, 5.41) is 13.8. The number of sulfone groups is 1. The normalized spacial score (nSPS) is 12.1. The molecule has 0 aliphatic heterocycles. The molecular formula is C27H41N3O2PS+. The van der Waals surface area contributed by atoms with Crippen LogP contribution in [-0.4, -0.2) is 26.5 Å². The number of rotatable bonds is 16. The Balaban J connectivity index is 2.31. The van der Waals surface area contributed by atoms with Gasteiger partial charge in [0.05, 0.1) is 26.0 Å². The first-order valence-electron chi connectivity index (χ1n) is 12.6. The van der Waals surface area contributed by atoms with Gasteiger partial charge in [-0.1, -0.05) is 89.5 Å². The van der Waals surface area contributed by atoms with E-state index < -0.39 is 9.84 Å². The van der Waals surface area contributed by atoms with E-state index in [2.05, 4.69) is 23.6 Å². The van der Waals surface area contributed by atoms with Crippen molar-refractivity contribution in [3.05, 3.63) is 47.9 Å². The lowest BCUT2D eigenvalue weighted by Gasteiger charge is -2.30. The van der Waals surface area contributed by atoms with E-state index in [0.717, 1.165) is 48.5 Å². The summed E-state index contributed by atoms with van der Waals surface area (Å²) in [6, 6.07) is 13.0. The summed E-state index contributed by atoms with van der Waals surface area (Å²) in [5.41, 5.74) is 1.01. The number of nitrogens with zero attached hydrogens (tertiary/aromatic N) is 3. The highest BCUT2D eigenvalue weighted by Gasteiger charge is 2.22. The maximum atomic E-state index is 12.8. The van der Waals surface area contributed by atoms with Crippen LogP contribution in [0.3, 0.4) is 0 Å². The van der Waals surface area contributed by atoms with Crippen molar-refractivity contribution >= 4 is 35.7 Å². The Labute approximate surface area is 209 Å². The van der Waals surface area contributed by atoms with Gasteiger partial charge >= 0.3 is 0 Å². The van der Waals surface area contributed by atoms with Crippen LogP contribution >= 0.6 is 9.39 Å². The topological polar surface area (TPSA) is 64.4 Å². The monoisotopic (exact) mass is 502 g/mol. The molecule has 5 nitrogen and oxygen atoms in total. The summed E-state index contributed by atoms with van der Waals surface area (Å²) in [5.74, 6) is 0. The molecule has 0 spiro atoms. The largest absolute Gasteiger partial charge is 0.219 e. The molecule has 2 aromatic rings. The molecule has 0 saturated heterocycles. The van der Waals surface area contributed by atoms with E-state index >= 15 is 0 Å². The van der Waals surface area contributed by atoms with E-state index in [4.69, 9.17) is 5.26 Å². The fraction of sp³-hybridized carbons (Fsp3) is 0.519. The Bertz CT molecular complexity index is 1050. The van der Waals surface area contributed by atoms with Gasteiger partial charge < -0.3 is 0 Å². The van der Waals surface area contributed by atoms with Crippen LogP contribution in [0.25, 0.3) is 10.8 Å². The Morgan fingerprint density at radius 1 is 0.853 bits per heavy atom. The van der Waals surface area contributed by atoms with Crippen LogP contribution < -0.4 is 4.78 Å². The lowest BCUT2D eigenvalue weighted by Crippen LogP contribution is -2.37. The third kappa shape index (κ3) is 8.38. The Kier molecular flexibility index (Phi) is 12.6. The molecule has 7 heteroatoms. The predicted octanol–water partition coefficient (Wildman–Crippen LogP) is 7.14. The number of nitriles is 1. The van der Waals surface area contributed by atoms with Crippen LogP contribution in [0.2, 0.25) is 0 Å². The van der Waals surface area contributed by atoms with Crippen LogP contribution in [0.1, 0.15) is 78.1 Å². The summed E-state index contributed by atoms with van der Waals surface area (Å²) in [4.78, 5) is 0.237. The zero-order valence-electron chi connectivity index (χ0n) is 20.9. The second-order valence-electron chi connectivity index (χ2n) is 8.79. The molecule has 34 heavy (non-hydrogen) atoms. The zero-order valence-corrected chi connectivity index (χ0v) is 23.1. The third-order valence-corrected chi connectivity index (χ3v) is 8.35. The number of allylic oxidation sites excluding steroid dienone is 1. The molecule has 0 heterocycles. The van der Waals surface area contributed by atoms with Crippen LogP contribution in [0.15, 0.2) is 52.8 Å². The molecule has 0 aliphatic carbocycles. The SMILES string of the molecule is CCCCCCCN(CCCCCCC)N([PH3+])c1ccc(S(=O)(=O)C=CC#N)c2ccccc12. The first-order valence-corrected chi connectivity index (χ1v) is 14.8. The first-order chi connectivity index (χ1) is 16.5. The van der Waals surface area contributed by atoms with E-state index in [-0.39, 0.29) is 4.90 Å². The number of hydrazine groups is 1. The quantitative estimate of drug-likeness (QED) is 0.106. The summed E-state index contributed by atoms with van der Waals surface area (Å²) in [7, 11) is -1.86. The van der Waals surface area contributed by atoms with Gasteiger partial charge in [0, 0.05) is 35.3 Å². The molecule has 1 unspecified atom stereocenters. The van der Waals surface area contributed by atoms with E-state index in [9.17, 15) is 8.42 Å². The second-order valence-corrected chi connectivity index (χ2v) is 11.2. The van der Waals surface area contributed by atoms with E-state index in [1.807, 2.05) is 39.7 Å². The number of fused-ring (bicyclic) bond motifs is 1. The highest BCUT2D eigenvalue weighted by molar-refractivity contribution is 7.94. The summed E-state index contributed by atoms with van der Waals surface area (Å²) < 4.78 is 27.9. The number of hydrogen-bond acceptors (Lipinski definition) is 5. The standard InChI is InChI=1S/C27H40N3O2PS/c1-3-5-7-9-13-21-29(22-14-10-8-6-4-2)30(33)26-18-19-27(34(31,32)23-15-20-28)25-17-12-11-16-24(25)26/h11-12,15-19,23H,3-10,13-14,21-22,33H2,1-2H3/p+1. The minimum Gasteiger partial charge on any atom is -0.219 e. The van der Waals surface area contributed by atoms with Crippen LogP contribution in [0.5, 0.6) is 0 Å². The average Bonchev–Trinajstić information content (AvgIpc) is 2.84. The minimum atomic E-state index is -3.69. The van der Waals surface area contributed by atoms with Gasteiger partial charge in [-0.05, 0) is 25.0 Å². The van der Waals surface area contributed by atoms with Gasteiger partial charge in [0.1, 0.15) is 0 Å². The maximum Gasteiger partial charge on any atom is 0.201 e. The van der Waals surface area contributed by atoms with Crippen molar-refractivity contribution in [1.29, 1.82) is 5.26 Å². The molecule has 0 saturated carbocycles. The predicted molar refractivity (Wildman–Crippen MR) is 149 cm³/mol. The van der Waals surface area contributed by atoms with Crippen LogP contribution in [0.4, 0.5) is 5.69 Å². The number of benzene rings is 2. The van der Waals surface area contributed by atoms with Crippen molar-refractivity contribution in [2.75, 3.05) is 17.9 Å². The first kappa shape index (κ1) is 28.3. The van der Waals surface area contributed by atoms with E-state index in [1.54, 1.807) is 12.1 Å². The Morgan fingerprint density at radius 2 is 1.41 bits per heavy atom. The van der Waals surface area contributed by atoms with Gasteiger partial charge in [0.25, 0.3) is 0 Å². The number of unbranched alkanes of at least 4 members (excludes halogenated alkanes) is 8. The molecule has 0 aliphatic rings. The van der Waals surface area contributed by atoms with Crippen LogP contribution in [0, 0.1) is 11.3 Å². The molecule has 0 radical (unpaired) electrons. The van der Waals surface area contributed by atoms with Gasteiger partial charge in [-0.15, -0.1) is 0 Å². The zero-order chi connectivity index (χ0) is 24.8. The van der Waals surface area contributed by atoms with Crippen molar-refractivity contribution in [3.8, 4) is 6.07 Å². The fourth-order valence-electron chi connectivity index (χ4n) is 4.22. The summed E-state index contributed by atoms with van der Waals surface area (Å²) in [6.07, 6.45) is 13.4. The lowest BCUT2D eigenvalue weighted by molar-refractivity contribution is 0.280. The molecule has 0 aromatic heterocycles. The van der Waals surface area contributed by atoms with E-state index in [1.165, 1.54) is 51.4 Å². The van der Waals surface area contributed by atoms with Crippen molar-refractivity contribution < 1.29 is 8.42 Å². The van der Waals surface area contributed by atoms with E-state index in [0.29, 0.717) is 5.39 Å². The Morgan fingerprint density at radius 3 is 1.97 bits per heavy atom. The van der Waals surface area contributed by atoms with Gasteiger partial charge in [0.15, 0.2) is 0 Å². The number of anilines is 1. The number of hydrogen-bond donors (Lipinski definition) is 0. The van der Waals surface area contributed by atoms with Crippen molar-refractivity contribution in [2.24, 2.45) is 0 Å². The third-order valence-electron chi connectivity index (χ3n) is 6.15. The van der Waals surface area contributed by atoms with Gasteiger partial charge in [0.2, 0.25) is 9.84 Å². The molecule has 1 atom stereocenters. The molecule has 0 fully saturated rings. The highest BCUT2D eigenvalue weighted by atomic mass is 32.2. The van der Waals surface area contributed by atoms with Crippen molar-refractivity contribution in [1.82, 2.24) is 5.01 Å². The van der Waals surface area contributed by atoms with Crippen molar-refractivity contribution in [2.45, 2.75) is 83.0 Å². The maximum absolute atomic E-state index is 12.8. The molecule has 0 amide bonds. The molecular weight excluding hydrogens is 461 g/mol. The second kappa shape index (κ2) is 15.1.